The Morgan fingerprint density at radius 3 is 2.82 bits per heavy atom. The van der Waals surface area contributed by atoms with Crippen LogP contribution in [0.15, 0.2) is 30.6 Å². The number of nitrogens with zero attached hydrogens (tertiary/aromatic N) is 2. The molecule has 1 heterocycles. The van der Waals surface area contributed by atoms with Gasteiger partial charge in [0.05, 0.1) is 5.56 Å². The van der Waals surface area contributed by atoms with Crippen molar-refractivity contribution in [1.29, 1.82) is 0 Å². The van der Waals surface area contributed by atoms with Gasteiger partial charge in [-0.15, -0.1) is 0 Å². The molecule has 0 aliphatic heterocycles. The molecule has 0 atom stereocenters. The highest BCUT2D eigenvalue weighted by molar-refractivity contribution is 5.87. The first-order valence-corrected chi connectivity index (χ1v) is 5.05. The molecule has 1 aromatic carbocycles. The van der Waals surface area contributed by atoms with E-state index in [2.05, 4.69) is 4.98 Å². The third-order valence-electron chi connectivity index (χ3n) is 2.49. The van der Waals surface area contributed by atoms with Gasteiger partial charge in [0.2, 0.25) is 0 Å². The number of imidazole rings is 1. The lowest BCUT2D eigenvalue weighted by atomic mass is 10.1. The Balaban J connectivity index is 2.33. The maximum absolute atomic E-state index is 13.2. The molecule has 0 fully saturated rings. The molecule has 0 aliphatic carbocycles. The van der Waals surface area contributed by atoms with E-state index in [-0.39, 0.29) is 5.56 Å². The molecule has 0 spiro atoms. The second kappa shape index (κ2) is 4.37. The molecule has 2 rings (SSSR count). The number of halogens is 1. The Labute approximate surface area is 97.3 Å². The van der Waals surface area contributed by atoms with Gasteiger partial charge < -0.3 is 9.67 Å². The topological polar surface area (TPSA) is 55.1 Å². The second-order valence-corrected chi connectivity index (χ2v) is 3.78. The zero-order chi connectivity index (χ0) is 12.4. The number of benzene rings is 1. The van der Waals surface area contributed by atoms with Gasteiger partial charge in [-0.1, -0.05) is 0 Å². The highest BCUT2D eigenvalue weighted by Crippen LogP contribution is 2.13. The Morgan fingerprint density at radius 1 is 1.47 bits per heavy atom. The molecule has 88 valence electrons. The number of carboxylic acid groups (broad SMARTS) is 1. The number of hydrogen-bond donors (Lipinski definition) is 1. The van der Waals surface area contributed by atoms with Crippen molar-refractivity contribution >= 4 is 5.97 Å². The minimum atomic E-state index is -1.13. The number of rotatable bonds is 3. The average Bonchev–Trinajstić information content (AvgIpc) is 2.63. The van der Waals surface area contributed by atoms with Crippen LogP contribution in [0.25, 0.3) is 0 Å². The molecular weight excluding hydrogens is 223 g/mol. The van der Waals surface area contributed by atoms with Crippen LogP contribution in [0.4, 0.5) is 4.39 Å². The Hall–Kier alpha value is -2.17. The summed E-state index contributed by atoms with van der Waals surface area (Å²) in [5.74, 6) is -0.924. The van der Waals surface area contributed by atoms with Gasteiger partial charge >= 0.3 is 5.97 Å². The van der Waals surface area contributed by atoms with Crippen LogP contribution in [-0.4, -0.2) is 20.6 Å². The summed E-state index contributed by atoms with van der Waals surface area (Å²) in [6.45, 7) is 0. The number of aryl methyl sites for hydroxylation is 1. The van der Waals surface area contributed by atoms with Gasteiger partial charge in [-0.25, -0.2) is 14.2 Å². The van der Waals surface area contributed by atoms with E-state index in [0.29, 0.717) is 12.0 Å². The molecule has 0 radical (unpaired) electrons. The van der Waals surface area contributed by atoms with Crippen molar-refractivity contribution in [3.8, 4) is 0 Å². The monoisotopic (exact) mass is 234 g/mol. The normalized spacial score (nSPS) is 10.5. The van der Waals surface area contributed by atoms with Crippen molar-refractivity contribution in [2.75, 3.05) is 0 Å². The van der Waals surface area contributed by atoms with Crippen LogP contribution < -0.4 is 0 Å². The van der Waals surface area contributed by atoms with Gasteiger partial charge in [0.15, 0.2) is 0 Å². The van der Waals surface area contributed by atoms with E-state index in [4.69, 9.17) is 5.11 Å². The van der Waals surface area contributed by atoms with Crippen LogP contribution in [0.1, 0.15) is 21.7 Å². The lowest BCUT2D eigenvalue weighted by Crippen LogP contribution is -2.02. The molecule has 1 N–H and O–H groups in total. The molecule has 0 saturated heterocycles. The van der Waals surface area contributed by atoms with Gasteiger partial charge in [0, 0.05) is 25.9 Å². The van der Waals surface area contributed by atoms with Crippen molar-refractivity contribution in [3.63, 3.8) is 0 Å². The van der Waals surface area contributed by atoms with Crippen LogP contribution in [0, 0.1) is 5.82 Å². The largest absolute Gasteiger partial charge is 0.478 e. The minimum Gasteiger partial charge on any atom is -0.478 e. The summed E-state index contributed by atoms with van der Waals surface area (Å²) < 4.78 is 15.0. The fourth-order valence-corrected chi connectivity index (χ4v) is 1.63. The van der Waals surface area contributed by atoms with Crippen LogP contribution >= 0.6 is 0 Å². The molecule has 0 aliphatic rings. The van der Waals surface area contributed by atoms with Crippen LogP contribution in [0.3, 0.4) is 0 Å². The van der Waals surface area contributed by atoms with Crippen molar-refractivity contribution in [3.05, 3.63) is 53.4 Å². The number of carbonyl (C=O) groups is 1. The fourth-order valence-electron chi connectivity index (χ4n) is 1.63. The first-order valence-electron chi connectivity index (χ1n) is 5.05. The van der Waals surface area contributed by atoms with E-state index in [9.17, 15) is 9.18 Å². The number of carboxylic acids is 1. The number of hydrogen-bond acceptors (Lipinski definition) is 2. The summed E-state index contributed by atoms with van der Waals surface area (Å²) in [4.78, 5) is 14.9. The second-order valence-electron chi connectivity index (χ2n) is 3.78. The van der Waals surface area contributed by atoms with Crippen molar-refractivity contribution in [2.24, 2.45) is 7.05 Å². The predicted molar refractivity (Wildman–Crippen MR) is 59.4 cm³/mol. The Morgan fingerprint density at radius 2 is 2.24 bits per heavy atom. The molecule has 0 unspecified atom stereocenters. The van der Waals surface area contributed by atoms with Crippen LogP contribution in [0.5, 0.6) is 0 Å². The highest BCUT2D eigenvalue weighted by atomic mass is 19.1. The maximum atomic E-state index is 13.2. The minimum absolute atomic E-state index is 0.0470. The van der Waals surface area contributed by atoms with E-state index in [1.165, 1.54) is 12.1 Å². The summed E-state index contributed by atoms with van der Waals surface area (Å²) in [6, 6.07) is 3.78. The summed E-state index contributed by atoms with van der Waals surface area (Å²) >= 11 is 0. The van der Waals surface area contributed by atoms with Crippen molar-refractivity contribution in [1.82, 2.24) is 9.55 Å². The fraction of sp³-hybridized carbons (Fsp3) is 0.167. The van der Waals surface area contributed by atoms with E-state index in [1.807, 2.05) is 11.6 Å². The first kappa shape index (κ1) is 11.3. The zero-order valence-corrected chi connectivity index (χ0v) is 9.22. The van der Waals surface area contributed by atoms with Gasteiger partial charge in [0.1, 0.15) is 11.6 Å². The lowest BCUT2D eigenvalue weighted by molar-refractivity contribution is 0.0696. The van der Waals surface area contributed by atoms with E-state index in [1.54, 1.807) is 12.4 Å². The van der Waals surface area contributed by atoms with Crippen LogP contribution in [-0.2, 0) is 13.5 Å². The Bertz CT molecular complexity index is 563. The lowest BCUT2D eigenvalue weighted by Gasteiger charge is -2.04. The molecule has 1 aromatic heterocycles. The molecule has 2 aromatic rings. The smallest absolute Gasteiger partial charge is 0.335 e. The highest BCUT2D eigenvalue weighted by Gasteiger charge is 2.09. The van der Waals surface area contributed by atoms with Gasteiger partial charge in [-0.05, 0) is 23.8 Å². The average molecular weight is 234 g/mol. The van der Waals surface area contributed by atoms with Gasteiger partial charge in [-0.2, -0.15) is 0 Å². The molecule has 0 bridgehead atoms. The summed E-state index contributed by atoms with van der Waals surface area (Å²) in [5.41, 5.74) is 0.547. The predicted octanol–water partition coefficient (Wildman–Crippen LogP) is 1.85. The molecule has 4 nitrogen and oxygen atoms in total. The molecule has 17 heavy (non-hydrogen) atoms. The summed E-state index contributed by atoms with van der Waals surface area (Å²) in [5, 5.41) is 8.83. The van der Waals surface area contributed by atoms with Crippen LogP contribution in [0.2, 0.25) is 0 Å². The zero-order valence-electron chi connectivity index (χ0n) is 9.22. The van der Waals surface area contributed by atoms with Gasteiger partial charge in [0.25, 0.3) is 0 Å². The molecule has 0 amide bonds. The third-order valence-corrected chi connectivity index (χ3v) is 2.49. The van der Waals surface area contributed by atoms with Crippen molar-refractivity contribution < 1.29 is 14.3 Å². The summed E-state index contributed by atoms with van der Waals surface area (Å²) in [7, 11) is 1.83. The van der Waals surface area contributed by atoms with E-state index in [0.717, 1.165) is 11.9 Å². The standard InChI is InChI=1S/C12H11FN2O2/c1-15-3-2-14-11(15)6-8-4-9(12(16)17)7-10(13)5-8/h2-5,7H,6H2,1H3,(H,16,17). The maximum Gasteiger partial charge on any atom is 0.335 e. The molecular formula is C12H11FN2O2. The van der Waals surface area contributed by atoms with Crippen molar-refractivity contribution in [2.45, 2.75) is 6.42 Å². The van der Waals surface area contributed by atoms with E-state index >= 15 is 0 Å². The van der Waals surface area contributed by atoms with E-state index < -0.39 is 11.8 Å². The first-order chi connectivity index (χ1) is 8.06. The number of aromatic carboxylic acids is 1. The quantitative estimate of drug-likeness (QED) is 0.881. The number of aromatic nitrogens is 2. The molecule has 5 heteroatoms. The molecule has 0 saturated carbocycles. The van der Waals surface area contributed by atoms with Gasteiger partial charge in [-0.3, -0.25) is 0 Å². The summed E-state index contributed by atoms with van der Waals surface area (Å²) in [6.07, 6.45) is 3.83. The third kappa shape index (κ3) is 2.50. The SMILES string of the molecule is Cn1ccnc1Cc1cc(F)cc(C(=O)O)c1. The Kier molecular flexibility index (Phi) is 2.91.